The van der Waals surface area contributed by atoms with Crippen LogP contribution in [0.1, 0.15) is 32.3 Å². The minimum Gasteiger partial charge on any atom is -0.494 e. The number of methoxy groups -OCH3 is 1. The molecule has 1 N–H and O–H groups in total. The van der Waals surface area contributed by atoms with Crippen LogP contribution < -0.4 is 10.1 Å². The highest BCUT2D eigenvalue weighted by Gasteiger charge is 2.20. The van der Waals surface area contributed by atoms with Crippen LogP contribution in [0.2, 0.25) is 0 Å². The molecular weight excluding hydrogens is 269 g/mol. The number of halogens is 1. The fourth-order valence-corrected chi connectivity index (χ4v) is 2.32. The Labute approximate surface area is 124 Å². The van der Waals surface area contributed by atoms with Gasteiger partial charge in [0, 0.05) is 17.7 Å². The number of hydrogen-bond donors (Lipinski definition) is 1. The average Bonchev–Trinajstić information content (AvgIpc) is 2.47. The SMILES string of the molecule is CCNc1ncnc(-c2cccc(OC)c2F)c1C(C)C. The second kappa shape index (κ2) is 6.52. The van der Waals surface area contributed by atoms with Gasteiger partial charge in [0.1, 0.15) is 12.1 Å². The van der Waals surface area contributed by atoms with Gasteiger partial charge in [-0.3, -0.25) is 0 Å². The van der Waals surface area contributed by atoms with Gasteiger partial charge in [-0.25, -0.2) is 14.4 Å². The van der Waals surface area contributed by atoms with Gasteiger partial charge >= 0.3 is 0 Å². The number of hydrogen-bond acceptors (Lipinski definition) is 4. The first-order valence-electron chi connectivity index (χ1n) is 7.01. The molecule has 0 spiro atoms. The molecule has 1 aromatic carbocycles. The number of ether oxygens (including phenoxy) is 1. The van der Waals surface area contributed by atoms with Crippen molar-refractivity contribution in [2.75, 3.05) is 19.0 Å². The third-order valence-corrected chi connectivity index (χ3v) is 3.24. The number of aromatic nitrogens is 2. The average molecular weight is 289 g/mol. The lowest BCUT2D eigenvalue weighted by Crippen LogP contribution is -2.08. The third-order valence-electron chi connectivity index (χ3n) is 3.24. The summed E-state index contributed by atoms with van der Waals surface area (Å²) < 4.78 is 19.6. The Morgan fingerprint density at radius 2 is 2.05 bits per heavy atom. The van der Waals surface area contributed by atoms with Crippen LogP contribution in [-0.4, -0.2) is 23.6 Å². The predicted octanol–water partition coefficient (Wildman–Crippen LogP) is 3.85. The maximum absolute atomic E-state index is 14.5. The summed E-state index contributed by atoms with van der Waals surface area (Å²) in [4.78, 5) is 8.57. The summed E-state index contributed by atoms with van der Waals surface area (Å²) >= 11 is 0. The molecule has 0 bridgehead atoms. The quantitative estimate of drug-likeness (QED) is 0.908. The first-order valence-corrected chi connectivity index (χ1v) is 7.01. The highest BCUT2D eigenvalue weighted by Crippen LogP contribution is 2.35. The third kappa shape index (κ3) is 2.96. The minimum atomic E-state index is -0.400. The van der Waals surface area contributed by atoms with Crippen molar-refractivity contribution in [1.82, 2.24) is 9.97 Å². The molecule has 0 amide bonds. The minimum absolute atomic E-state index is 0.167. The fourth-order valence-electron chi connectivity index (χ4n) is 2.32. The van der Waals surface area contributed by atoms with Crippen molar-refractivity contribution in [1.29, 1.82) is 0 Å². The van der Waals surface area contributed by atoms with Gasteiger partial charge < -0.3 is 10.1 Å². The van der Waals surface area contributed by atoms with E-state index >= 15 is 0 Å². The van der Waals surface area contributed by atoms with Crippen LogP contribution in [-0.2, 0) is 0 Å². The fraction of sp³-hybridized carbons (Fsp3) is 0.375. The molecule has 0 unspecified atom stereocenters. The summed E-state index contributed by atoms with van der Waals surface area (Å²) in [7, 11) is 1.45. The zero-order valence-corrected chi connectivity index (χ0v) is 12.8. The van der Waals surface area contributed by atoms with Crippen molar-refractivity contribution in [2.24, 2.45) is 0 Å². The maximum atomic E-state index is 14.5. The molecule has 21 heavy (non-hydrogen) atoms. The molecule has 0 saturated heterocycles. The largest absolute Gasteiger partial charge is 0.494 e. The molecule has 0 aliphatic rings. The lowest BCUT2D eigenvalue weighted by Gasteiger charge is -2.17. The molecule has 4 nitrogen and oxygen atoms in total. The second-order valence-electron chi connectivity index (χ2n) is 4.99. The molecule has 112 valence electrons. The first kappa shape index (κ1) is 15.2. The van der Waals surface area contributed by atoms with Crippen LogP contribution in [0.3, 0.4) is 0 Å². The molecule has 2 rings (SSSR count). The second-order valence-corrected chi connectivity index (χ2v) is 4.99. The molecule has 0 fully saturated rings. The summed E-state index contributed by atoms with van der Waals surface area (Å²) in [6.45, 7) is 6.83. The van der Waals surface area contributed by atoms with E-state index in [1.165, 1.54) is 13.4 Å². The molecule has 1 heterocycles. The van der Waals surface area contributed by atoms with Crippen molar-refractivity contribution >= 4 is 5.82 Å². The number of nitrogens with zero attached hydrogens (tertiary/aromatic N) is 2. The standard InChI is InChI=1S/C16H20FN3O/c1-5-18-16-13(10(2)3)15(19-9-20-16)11-7-6-8-12(21-4)14(11)17/h6-10H,5H2,1-4H3,(H,18,19,20). The Morgan fingerprint density at radius 3 is 2.67 bits per heavy atom. The Balaban J connectivity index is 2.66. The molecule has 5 heteroatoms. The van der Waals surface area contributed by atoms with Crippen LogP contribution in [0.25, 0.3) is 11.3 Å². The summed E-state index contributed by atoms with van der Waals surface area (Å²) in [6, 6.07) is 5.07. The van der Waals surface area contributed by atoms with Gasteiger partial charge in [0.2, 0.25) is 0 Å². The van der Waals surface area contributed by atoms with Crippen LogP contribution in [0.5, 0.6) is 5.75 Å². The highest BCUT2D eigenvalue weighted by molar-refractivity contribution is 5.71. The monoisotopic (exact) mass is 289 g/mol. The summed E-state index contributed by atoms with van der Waals surface area (Å²) in [5, 5.41) is 3.21. The molecule has 0 aliphatic carbocycles. The molecule has 0 saturated carbocycles. The number of anilines is 1. The van der Waals surface area contributed by atoms with Gasteiger partial charge in [-0.2, -0.15) is 0 Å². The van der Waals surface area contributed by atoms with Gasteiger partial charge in [0.15, 0.2) is 11.6 Å². The summed E-state index contributed by atoms with van der Waals surface area (Å²) in [5.74, 6) is 0.731. The van der Waals surface area contributed by atoms with Crippen molar-refractivity contribution in [3.05, 3.63) is 35.9 Å². The Kier molecular flexibility index (Phi) is 4.73. The highest BCUT2D eigenvalue weighted by atomic mass is 19.1. The zero-order chi connectivity index (χ0) is 15.4. The normalized spacial score (nSPS) is 10.8. The van der Waals surface area contributed by atoms with Gasteiger partial charge in [0.05, 0.1) is 12.8 Å². The van der Waals surface area contributed by atoms with Crippen molar-refractivity contribution < 1.29 is 9.13 Å². The van der Waals surface area contributed by atoms with E-state index in [9.17, 15) is 4.39 Å². The van der Waals surface area contributed by atoms with Gasteiger partial charge in [-0.05, 0) is 25.0 Å². The molecule has 1 aromatic heterocycles. The van der Waals surface area contributed by atoms with E-state index in [4.69, 9.17) is 4.74 Å². The molecule has 0 aliphatic heterocycles. The molecule has 2 aromatic rings. The summed E-state index contributed by atoms with van der Waals surface area (Å²) in [6.07, 6.45) is 1.46. The van der Waals surface area contributed by atoms with E-state index in [-0.39, 0.29) is 11.7 Å². The number of benzene rings is 1. The van der Waals surface area contributed by atoms with E-state index in [1.807, 2.05) is 20.8 Å². The van der Waals surface area contributed by atoms with Crippen molar-refractivity contribution in [2.45, 2.75) is 26.7 Å². The summed E-state index contributed by atoms with van der Waals surface area (Å²) in [5.41, 5.74) is 1.94. The van der Waals surface area contributed by atoms with Gasteiger partial charge in [-0.15, -0.1) is 0 Å². The number of rotatable bonds is 5. The molecule has 0 radical (unpaired) electrons. The van der Waals surface area contributed by atoms with Crippen LogP contribution in [0.15, 0.2) is 24.5 Å². The lowest BCUT2D eigenvalue weighted by atomic mass is 9.97. The van der Waals surface area contributed by atoms with Gasteiger partial charge in [-0.1, -0.05) is 19.9 Å². The van der Waals surface area contributed by atoms with Crippen molar-refractivity contribution in [3.63, 3.8) is 0 Å². The topological polar surface area (TPSA) is 47.0 Å². The number of nitrogens with one attached hydrogen (secondary N) is 1. The molecule has 0 atom stereocenters. The Bertz CT molecular complexity index is 629. The Morgan fingerprint density at radius 1 is 1.29 bits per heavy atom. The maximum Gasteiger partial charge on any atom is 0.174 e. The lowest BCUT2D eigenvalue weighted by molar-refractivity contribution is 0.387. The van der Waals surface area contributed by atoms with Gasteiger partial charge in [0.25, 0.3) is 0 Å². The molecular formula is C16H20FN3O. The van der Waals surface area contributed by atoms with E-state index in [0.717, 1.165) is 17.9 Å². The zero-order valence-electron chi connectivity index (χ0n) is 12.8. The van der Waals surface area contributed by atoms with Crippen LogP contribution >= 0.6 is 0 Å². The van der Waals surface area contributed by atoms with E-state index in [1.54, 1.807) is 18.2 Å². The van der Waals surface area contributed by atoms with Crippen molar-refractivity contribution in [3.8, 4) is 17.0 Å². The predicted molar refractivity (Wildman–Crippen MR) is 82.2 cm³/mol. The Hall–Kier alpha value is -2.17. The van der Waals surface area contributed by atoms with E-state index in [0.29, 0.717) is 11.3 Å². The van der Waals surface area contributed by atoms with E-state index < -0.39 is 5.82 Å². The van der Waals surface area contributed by atoms with Crippen LogP contribution in [0, 0.1) is 5.82 Å². The van der Waals surface area contributed by atoms with E-state index in [2.05, 4.69) is 15.3 Å². The van der Waals surface area contributed by atoms with Crippen LogP contribution in [0.4, 0.5) is 10.2 Å². The smallest absolute Gasteiger partial charge is 0.174 e. The first-order chi connectivity index (χ1) is 10.1.